The number of carbonyl (C=O) groups is 1. The summed E-state index contributed by atoms with van der Waals surface area (Å²) in [5.74, 6) is 0.993. The Balaban J connectivity index is 1.89. The van der Waals surface area contributed by atoms with E-state index in [0.717, 1.165) is 51.7 Å². The molecule has 1 aliphatic heterocycles. The molecule has 20 heavy (non-hydrogen) atoms. The summed E-state index contributed by atoms with van der Waals surface area (Å²) in [7, 11) is 2.01. The summed E-state index contributed by atoms with van der Waals surface area (Å²) >= 11 is 0. The van der Waals surface area contributed by atoms with E-state index in [4.69, 9.17) is 5.73 Å². The molecule has 1 amide bonds. The first-order valence-corrected chi connectivity index (χ1v) is 8.27. The minimum atomic E-state index is 0.198. The number of piperidine rings is 1. The van der Waals surface area contributed by atoms with Crippen LogP contribution < -0.4 is 5.73 Å². The van der Waals surface area contributed by atoms with Crippen LogP contribution in [-0.2, 0) is 4.79 Å². The van der Waals surface area contributed by atoms with Crippen LogP contribution >= 0.6 is 0 Å². The van der Waals surface area contributed by atoms with Crippen LogP contribution in [0.3, 0.4) is 0 Å². The SMILES string of the molecule is CCN1CCC(N(C)C(=O)C2CCC(N)CC2C)CC1. The molecule has 1 saturated carbocycles. The normalized spacial score (nSPS) is 33.1. The molecule has 0 radical (unpaired) electrons. The average Bonchev–Trinajstić information content (AvgIpc) is 2.46. The predicted octanol–water partition coefficient (Wildman–Crippen LogP) is 1.69. The molecule has 116 valence electrons. The zero-order valence-corrected chi connectivity index (χ0v) is 13.3. The van der Waals surface area contributed by atoms with E-state index in [0.29, 0.717) is 23.9 Å². The highest BCUT2D eigenvalue weighted by molar-refractivity contribution is 5.79. The second-order valence-electron chi connectivity index (χ2n) is 6.77. The van der Waals surface area contributed by atoms with Gasteiger partial charge in [-0.1, -0.05) is 13.8 Å². The Kier molecular flexibility index (Phi) is 5.44. The highest BCUT2D eigenvalue weighted by atomic mass is 16.2. The maximum atomic E-state index is 12.7. The molecule has 0 aromatic heterocycles. The van der Waals surface area contributed by atoms with Gasteiger partial charge in [-0.3, -0.25) is 4.79 Å². The first-order valence-electron chi connectivity index (χ1n) is 8.27. The van der Waals surface area contributed by atoms with E-state index >= 15 is 0 Å². The Morgan fingerprint density at radius 2 is 1.90 bits per heavy atom. The molecular weight excluding hydrogens is 250 g/mol. The molecule has 0 aromatic rings. The minimum absolute atomic E-state index is 0.198. The third-order valence-electron chi connectivity index (χ3n) is 5.43. The maximum absolute atomic E-state index is 12.7. The van der Waals surface area contributed by atoms with Crippen LogP contribution in [0.5, 0.6) is 0 Å². The zero-order chi connectivity index (χ0) is 14.7. The first-order chi connectivity index (χ1) is 9.52. The van der Waals surface area contributed by atoms with Crippen molar-refractivity contribution in [2.45, 2.75) is 58.0 Å². The molecule has 0 bridgehead atoms. The van der Waals surface area contributed by atoms with Crippen molar-refractivity contribution in [3.63, 3.8) is 0 Å². The highest BCUT2D eigenvalue weighted by Crippen LogP contribution is 2.31. The van der Waals surface area contributed by atoms with Crippen LogP contribution in [0.2, 0.25) is 0 Å². The fraction of sp³-hybridized carbons (Fsp3) is 0.938. The molecule has 2 aliphatic rings. The quantitative estimate of drug-likeness (QED) is 0.856. The van der Waals surface area contributed by atoms with Gasteiger partial charge in [0.15, 0.2) is 0 Å². The lowest BCUT2D eigenvalue weighted by Crippen LogP contribution is -2.49. The molecule has 2 fully saturated rings. The lowest BCUT2D eigenvalue weighted by Gasteiger charge is -2.40. The van der Waals surface area contributed by atoms with Crippen molar-refractivity contribution in [3.05, 3.63) is 0 Å². The lowest BCUT2D eigenvalue weighted by atomic mass is 9.77. The number of amides is 1. The molecule has 3 atom stereocenters. The molecule has 1 saturated heterocycles. The molecule has 4 heteroatoms. The van der Waals surface area contributed by atoms with Gasteiger partial charge in [-0.15, -0.1) is 0 Å². The van der Waals surface area contributed by atoms with Gasteiger partial charge < -0.3 is 15.5 Å². The van der Waals surface area contributed by atoms with Gasteiger partial charge >= 0.3 is 0 Å². The number of likely N-dealkylation sites (tertiary alicyclic amines) is 1. The van der Waals surface area contributed by atoms with Crippen LogP contribution in [0.4, 0.5) is 0 Å². The Morgan fingerprint density at radius 3 is 2.45 bits per heavy atom. The van der Waals surface area contributed by atoms with Crippen molar-refractivity contribution in [3.8, 4) is 0 Å². The van der Waals surface area contributed by atoms with Gasteiger partial charge in [0.05, 0.1) is 0 Å². The van der Waals surface area contributed by atoms with Gasteiger partial charge in [0.25, 0.3) is 0 Å². The molecule has 0 aromatic carbocycles. The Bertz CT molecular complexity index is 326. The summed E-state index contributed by atoms with van der Waals surface area (Å²) < 4.78 is 0. The smallest absolute Gasteiger partial charge is 0.225 e. The summed E-state index contributed by atoms with van der Waals surface area (Å²) in [4.78, 5) is 17.3. The van der Waals surface area contributed by atoms with E-state index in [1.54, 1.807) is 0 Å². The zero-order valence-electron chi connectivity index (χ0n) is 13.3. The van der Waals surface area contributed by atoms with Crippen LogP contribution in [-0.4, -0.2) is 54.5 Å². The average molecular weight is 281 g/mol. The fourth-order valence-corrected chi connectivity index (χ4v) is 3.87. The van der Waals surface area contributed by atoms with Crippen LogP contribution in [0.25, 0.3) is 0 Å². The molecule has 3 unspecified atom stereocenters. The molecule has 0 spiro atoms. The van der Waals surface area contributed by atoms with Crippen molar-refractivity contribution in [1.29, 1.82) is 0 Å². The first kappa shape index (κ1) is 15.8. The molecule has 1 aliphatic carbocycles. The molecule has 2 rings (SSSR count). The van der Waals surface area contributed by atoms with Crippen LogP contribution in [0, 0.1) is 11.8 Å². The van der Waals surface area contributed by atoms with Crippen LogP contribution in [0.15, 0.2) is 0 Å². The lowest BCUT2D eigenvalue weighted by molar-refractivity contribution is -0.140. The standard InChI is InChI=1S/C16H31N3O/c1-4-19-9-7-14(8-10-19)18(3)16(20)15-6-5-13(17)11-12(15)2/h12-15H,4-11,17H2,1-3H3. The third kappa shape index (κ3) is 3.53. The topological polar surface area (TPSA) is 49.6 Å². The van der Waals surface area contributed by atoms with E-state index in [1.165, 1.54) is 0 Å². The Morgan fingerprint density at radius 1 is 1.25 bits per heavy atom. The number of nitrogens with zero attached hydrogens (tertiary/aromatic N) is 2. The Hall–Kier alpha value is -0.610. The van der Waals surface area contributed by atoms with E-state index in [2.05, 4.69) is 18.7 Å². The van der Waals surface area contributed by atoms with Gasteiger partial charge in [-0.05, 0) is 44.6 Å². The van der Waals surface area contributed by atoms with Crippen molar-refractivity contribution in [2.24, 2.45) is 17.6 Å². The van der Waals surface area contributed by atoms with Gasteiger partial charge in [0.2, 0.25) is 5.91 Å². The maximum Gasteiger partial charge on any atom is 0.225 e. The minimum Gasteiger partial charge on any atom is -0.342 e. The third-order valence-corrected chi connectivity index (χ3v) is 5.43. The van der Waals surface area contributed by atoms with Gasteiger partial charge in [-0.2, -0.15) is 0 Å². The fourth-order valence-electron chi connectivity index (χ4n) is 3.87. The highest BCUT2D eigenvalue weighted by Gasteiger charge is 2.35. The second kappa shape index (κ2) is 6.90. The summed E-state index contributed by atoms with van der Waals surface area (Å²) in [6, 6.07) is 0.736. The predicted molar refractivity (Wildman–Crippen MR) is 82.4 cm³/mol. The van der Waals surface area contributed by atoms with Gasteiger partial charge in [-0.25, -0.2) is 0 Å². The van der Waals surface area contributed by atoms with Gasteiger partial charge in [0, 0.05) is 38.1 Å². The number of rotatable bonds is 3. The van der Waals surface area contributed by atoms with Gasteiger partial charge in [0.1, 0.15) is 0 Å². The largest absolute Gasteiger partial charge is 0.342 e. The van der Waals surface area contributed by atoms with E-state index in [1.807, 2.05) is 11.9 Å². The number of hydrogen-bond donors (Lipinski definition) is 1. The number of nitrogens with two attached hydrogens (primary N) is 1. The van der Waals surface area contributed by atoms with E-state index < -0.39 is 0 Å². The number of hydrogen-bond acceptors (Lipinski definition) is 3. The summed E-state index contributed by atoms with van der Waals surface area (Å²) in [5.41, 5.74) is 6.01. The summed E-state index contributed by atoms with van der Waals surface area (Å²) in [6.07, 6.45) is 5.22. The Labute approximate surface area is 123 Å². The van der Waals surface area contributed by atoms with Crippen molar-refractivity contribution < 1.29 is 4.79 Å². The number of carbonyl (C=O) groups excluding carboxylic acids is 1. The van der Waals surface area contributed by atoms with Crippen molar-refractivity contribution >= 4 is 5.91 Å². The summed E-state index contributed by atoms with van der Waals surface area (Å²) in [6.45, 7) is 7.78. The second-order valence-corrected chi connectivity index (χ2v) is 6.77. The van der Waals surface area contributed by atoms with E-state index in [9.17, 15) is 4.79 Å². The van der Waals surface area contributed by atoms with E-state index in [-0.39, 0.29) is 5.92 Å². The molecule has 1 heterocycles. The van der Waals surface area contributed by atoms with Crippen molar-refractivity contribution in [2.75, 3.05) is 26.7 Å². The summed E-state index contributed by atoms with van der Waals surface area (Å²) in [5, 5.41) is 0. The molecule has 2 N–H and O–H groups in total. The molecule has 4 nitrogen and oxygen atoms in total. The van der Waals surface area contributed by atoms with Crippen molar-refractivity contribution in [1.82, 2.24) is 9.80 Å². The monoisotopic (exact) mass is 281 g/mol. The molecular formula is C16H31N3O. The van der Waals surface area contributed by atoms with Crippen LogP contribution in [0.1, 0.15) is 46.0 Å².